The average Bonchev–Trinajstić information content (AvgIpc) is 2.86. The first-order valence-corrected chi connectivity index (χ1v) is 7.41. The molecule has 0 bridgehead atoms. The van der Waals surface area contributed by atoms with Crippen molar-refractivity contribution in [1.82, 2.24) is 14.8 Å². The van der Waals surface area contributed by atoms with E-state index in [1.54, 1.807) is 7.11 Å². The molecule has 1 N–H and O–H groups in total. The molecule has 3 rings (SSSR count). The monoisotopic (exact) mass is 273 g/mol. The van der Waals surface area contributed by atoms with Crippen LogP contribution >= 0.6 is 0 Å². The van der Waals surface area contributed by atoms with Gasteiger partial charge in [-0.3, -0.25) is 4.90 Å². The number of nitrogens with zero attached hydrogens (tertiary/aromatic N) is 2. The summed E-state index contributed by atoms with van der Waals surface area (Å²) in [6.45, 7) is 8.60. The van der Waals surface area contributed by atoms with Crippen LogP contribution in [-0.4, -0.2) is 42.8 Å². The molecule has 4 heteroatoms. The Labute approximate surface area is 120 Å². The number of ether oxygens (including phenoxy) is 1. The maximum atomic E-state index is 5.57. The number of hydrogen-bond acceptors (Lipinski definition) is 3. The molecule has 1 aromatic carbocycles. The standard InChI is InChI=1S/C16H23N3O/c1-3-19-12-13(11-18-9-7-17-8-10-18)16-14(19)5-4-6-15(16)20-2/h4-6,12,17H,3,7-11H2,1-2H3. The third-order valence-corrected chi connectivity index (χ3v) is 4.11. The highest BCUT2D eigenvalue weighted by molar-refractivity contribution is 5.90. The minimum Gasteiger partial charge on any atom is -0.496 e. The van der Waals surface area contributed by atoms with Crippen LogP contribution in [0.3, 0.4) is 0 Å². The molecule has 2 heterocycles. The fourth-order valence-electron chi connectivity index (χ4n) is 3.07. The van der Waals surface area contributed by atoms with Gasteiger partial charge in [0.25, 0.3) is 0 Å². The zero-order valence-corrected chi connectivity index (χ0v) is 12.4. The zero-order chi connectivity index (χ0) is 13.9. The van der Waals surface area contributed by atoms with Crippen LogP contribution in [0.5, 0.6) is 5.75 Å². The predicted molar refractivity (Wildman–Crippen MR) is 82.3 cm³/mol. The molecule has 2 aromatic rings. The molecule has 0 amide bonds. The smallest absolute Gasteiger partial charge is 0.128 e. The highest BCUT2D eigenvalue weighted by atomic mass is 16.5. The Bertz CT molecular complexity index is 585. The van der Waals surface area contributed by atoms with Gasteiger partial charge in [-0.1, -0.05) is 6.07 Å². The number of methoxy groups -OCH3 is 1. The number of piperazine rings is 1. The maximum absolute atomic E-state index is 5.57. The van der Waals surface area contributed by atoms with E-state index in [1.165, 1.54) is 16.5 Å². The molecule has 0 spiro atoms. The van der Waals surface area contributed by atoms with E-state index >= 15 is 0 Å². The Hall–Kier alpha value is -1.52. The van der Waals surface area contributed by atoms with Gasteiger partial charge < -0.3 is 14.6 Å². The maximum Gasteiger partial charge on any atom is 0.128 e. The molecule has 20 heavy (non-hydrogen) atoms. The van der Waals surface area contributed by atoms with E-state index < -0.39 is 0 Å². The lowest BCUT2D eigenvalue weighted by Gasteiger charge is -2.27. The molecule has 1 saturated heterocycles. The third-order valence-electron chi connectivity index (χ3n) is 4.11. The summed E-state index contributed by atoms with van der Waals surface area (Å²) in [6.07, 6.45) is 2.29. The van der Waals surface area contributed by atoms with Gasteiger partial charge in [0.15, 0.2) is 0 Å². The normalized spacial score (nSPS) is 16.7. The molecule has 0 radical (unpaired) electrons. The highest BCUT2D eigenvalue weighted by Crippen LogP contribution is 2.31. The van der Waals surface area contributed by atoms with Gasteiger partial charge in [-0.05, 0) is 24.6 Å². The number of fused-ring (bicyclic) bond motifs is 1. The Morgan fingerprint density at radius 1 is 1.25 bits per heavy atom. The summed E-state index contributed by atoms with van der Waals surface area (Å²) in [5, 5.41) is 4.68. The molecule has 4 nitrogen and oxygen atoms in total. The summed E-state index contributed by atoms with van der Waals surface area (Å²) in [6, 6.07) is 6.31. The Kier molecular flexibility index (Phi) is 3.94. The van der Waals surface area contributed by atoms with Crippen molar-refractivity contribution < 1.29 is 4.74 Å². The molecule has 0 unspecified atom stereocenters. The van der Waals surface area contributed by atoms with Gasteiger partial charge in [0.1, 0.15) is 5.75 Å². The van der Waals surface area contributed by atoms with Crippen LogP contribution in [0.4, 0.5) is 0 Å². The molecule has 1 fully saturated rings. The van der Waals surface area contributed by atoms with Crippen molar-refractivity contribution in [1.29, 1.82) is 0 Å². The first kappa shape index (κ1) is 13.5. The highest BCUT2D eigenvalue weighted by Gasteiger charge is 2.16. The summed E-state index contributed by atoms with van der Waals surface area (Å²) in [7, 11) is 1.76. The van der Waals surface area contributed by atoms with E-state index in [9.17, 15) is 0 Å². The molecule has 1 aliphatic rings. The van der Waals surface area contributed by atoms with Gasteiger partial charge in [-0.15, -0.1) is 0 Å². The number of hydrogen-bond donors (Lipinski definition) is 1. The second kappa shape index (κ2) is 5.85. The Morgan fingerprint density at radius 3 is 2.75 bits per heavy atom. The largest absolute Gasteiger partial charge is 0.496 e. The van der Waals surface area contributed by atoms with Crippen LogP contribution < -0.4 is 10.1 Å². The SMILES string of the molecule is CCn1cc(CN2CCNCC2)c2c(OC)cccc21. The van der Waals surface area contributed by atoms with Gasteiger partial charge in [0.2, 0.25) is 0 Å². The molecule has 1 aliphatic heterocycles. The van der Waals surface area contributed by atoms with Crippen molar-refractivity contribution in [3.8, 4) is 5.75 Å². The van der Waals surface area contributed by atoms with Gasteiger partial charge >= 0.3 is 0 Å². The number of nitrogens with one attached hydrogen (secondary N) is 1. The van der Waals surface area contributed by atoms with E-state index in [-0.39, 0.29) is 0 Å². The van der Waals surface area contributed by atoms with Crippen LogP contribution in [-0.2, 0) is 13.1 Å². The summed E-state index contributed by atoms with van der Waals surface area (Å²) in [5.41, 5.74) is 2.65. The Morgan fingerprint density at radius 2 is 2.05 bits per heavy atom. The minimum absolute atomic E-state index is 0.986. The molecule has 0 saturated carbocycles. The summed E-state index contributed by atoms with van der Waals surface area (Å²) < 4.78 is 7.89. The predicted octanol–water partition coefficient (Wildman–Crippen LogP) is 2.08. The first-order valence-electron chi connectivity index (χ1n) is 7.41. The van der Waals surface area contributed by atoms with E-state index in [0.29, 0.717) is 0 Å². The molecular weight excluding hydrogens is 250 g/mol. The van der Waals surface area contributed by atoms with Crippen LogP contribution in [0.15, 0.2) is 24.4 Å². The van der Waals surface area contributed by atoms with Crippen molar-refractivity contribution in [3.63, 3.8) is 0 Å². The lowest BCUT2D eigenvalue weighted by Crippen LogP contribution is -2.42. The second-order valence-electron chi connectivity index (χ2n) is 5.32. The second-order valence-corrected chi connectivity index (χ2v) is 5.32. The van der Waals surface area contributed by atoms with Crippen LogP contribution in [0.2, 0.25) is 0 Å². The van der Waals surface area contributed by atoms with Crippen LogP contribution in [0.1, 0.15) is 12.5 Å². The van der Waals surface area contributed by atoms with Crippen molar-refractivity contribution in [2.24, 2.45) is 0 Å². The molecule has 0 aliphatic carbocycles. The van der Waals surface area contributed by atoms with E-state index in [2.05, 4.69) is 46.1 Å². The third kappa shape index (κ3) is 2.41. The van der Waals surface area contributed by atoms with E-state index in [1.807, 2.05) is 0 Å². The van der Waals surface area contributed by atoms with Crippen LogP contribution in [0, 0.1) is 0 Å². The van der Waals surface area contributed by atoms with Crippen molar-refractivity contribution in [2.45, 2.75) is 20.0 Å². The molecular formula is C16H23N3O. The summed E-state index contributed by atoms with van der Waals surface area (Å²) >= 11 is 0. The summed E-state index contributed by atoms with van der Waals surface area (Å²) in [4.78, 5) is 2.51. The van der Waals surface area contributed by atoms with Crippen molar-refractivity contribution >= 4 is 10.9 Å². The van der Waals surface area contributed by atoms with Crippen molar-refractivity contribution in [3.05, 3.63) is 30.0 Å². The topological polar surface area (TPSA) is 29.4 Å². The fraction of sp³-hybridized carbons (Fsp3) is 0.500. The van der Waals surface area contributed by atoms with Gasteiger partial charge in [-0.25, -0.2) is 0 Å². The zero-order valence-electron chi connectivity index (χ0n) is 12.4. The van der Waals surface area contributed by atoms with Gasteiger partial charge in [0.05, 0.1) is 12.6 Å². The number of aromatic nitrogens is 1. The molecule has 0 atom stereocenters. The number of aryl methyl sites for hydroxylation is 1. The van der Waals surface area contributed by atoms with Gasteiger partial charge in [-0.2, -0.15) is 0 Å². The lowest BCUT2D eigenvalue weighted by molar-refractivity contribution is 0.233. The van der Waals surface area contributed by atoms with E-state index in [4.69, 9.17) is 4.74 Å². The number of benzene rings is 1. The quantitative estimate of drug-likeness (QED) is 0.925. The fourth-order valence-corrected chi connectivity index (χ4v) is 3.07. The average molecular weight is 273 g/mol. The van der Waals surface area contributed by atoms with E-state index in [0.717, 1.165) is 45.0 Å². The summed E-state index contributed by atoms with van der Waals surface area (Å²) in [5.74, 6) is 0.986. The van der Waals surface area contributed by atoms with Crippen molar-refractivity contribution in [2.75, 3.05) is 33.3 Å². The first-order chi connectivity index (χ1) is 9.83. The molecule has 108 valence electrons. The number of rotatable bonds is 4. The van der Waals surface area contributed by atoms with Gasteiger partial charge in [0, 0.05) is 50.9 Å². The molecule has 1 aromatic heterocycles. The minimum atomic E-state index is 0.986. The van der Waals surface area contributed by atoms with Crippen LogP contribution in [0.25, 0.3) is 10.9 Å². The Balaban J connectivity index is 2.00. The lowest BCUT2D eigenvalue weighted by atomic mass is 10.1.